The molecule has 1 N–H and O–H groups in total. The van der Waals surface area contributed by atoms with Gasteiger partial charge in [-0.3, -0.25) is 10.1 Å². The van der Waals surface area contributed by atoms with Crippen molar-refractivity contribution < 1.29 is 9.18 Å². The number of hydrogen-bond donors (Lipinski definition) is 1. The zero-order valence-corrected chi connectivity index (χ0v) is 16.1. The molecule has 138 valence electrons. The third-order valence-corrected chi connectivity index (χ3v) is 5.38. The molecular formula is C22H14ClFN2OS. The van der Waals surface area contributed by atoms with Crippen molar-refractivity contribution in [3.63, 3.8) is 0 Å². The molecule has 0 unspecified atom stereocenters. The van der Waals surface area contributed by atoms with Crippen LogP contribution < -0.4 is 5.32 Å². The summed E-state index contributed by atoms with van der Waals surface area (Å²) in [5.41, 5.74) is 2.95. The van der Waals surface area contributed by atoms with Gasteiger partial charge in [-0.1, -0.05) is 53.3 Å². The first-order chi connectivity index (χ1) is 13.6. The minimum atomic E-state index is -0.309. The van der Waals surface area contributed by atoms with Crippen molar-refractivity contribution >= 4 is 34.0 Å². The minimum absolute atomic E-state index is 0.268. The maximum atomic E-state index is 13.3. The van der Waals surface area contributed by atoms with Crippen molar-refractivity contribution in [2.24, 2.45) is 0 Å². The maximum absolute atomic E-state index is 13.3. The highest BCUT2D eigenvalue weighted by molar-refractivity contribution is 7.19. The van der Waals surface area contributed by atoms with E-state index in [2.05, 4.69) is 10.3 Å². The Labute approximate surface area is 170 Å². The van der Waals surface area contributed by atoms with Crippen LogP contribution in [0.2, 0.25) is 5.02 Å². The van der Waals surface area contributed by atoms with Gasteiger partial charge in [0, 0.05) is 16.1 Å². The Morgan fingerprint density at radius 1 is 0.893 bits per heavy atom. The number of benzene rings is 3. The van der Waals surface area contributed by atoms with E-state index < -0.39 is 0 Å². The molecule has 0 aliphatic heterocycles. The van der Waals surface area contributed by atoms with Crippen LogP contribution in [0.25, 0.3) is 21.7 Å². The molecule has 0 radical (unpaired) electrons. The van der Waals surface area contributed by atoms with Gasteiger partial charge >= 0.3 is 0 Å². The SMILES string of the molecule is O=C(Nc1nc(-c2ccc(F)cc2)c(-c2ccccc2)s1)c1ccc(Cl)cc1. The van der Waals surface area contributed by atoms with Crippen LogP contribution in [-0.2, 0) is 0 Å². The molecule has 0 fully saturated rings. The second-order valence-electron chi connectivity index (χ2n) is 6.03. The summed E-state index contributed by atoms with van der Waals surface area (Å²) >= 11 is 7.25. The smallest absolute Gasteiger partial charge is 0.257 e. The van der Waals surface area contributed by atoms with Gasteiger partial charge in [-0.2, -0.15) is 0 Å². The summed E-state index contributed by atoms with van der Waals surface area (Å²) in [6.45, 7) is 0. The number of amides is 1. The number of thiazole rings is 1. The van der Waals surface area contributed by atoms with Gasteiger partial charge in [-0.15, -0.1) is 0 Å². The van der Waals surface area contributed by atoms with Crippen molar-refractivity contribution in [1.29, 1.82) is 0 Å². The number of hydrogen-bond acceptors (Lipinski definition) is 3. The molecule has 4 aromatic rings. The summed E-state index contributed by atoms with van der Waals surface area (Å²) in [6.07, 6.45) is 0. The molecule has 28 heavy (non-hydrogen) atoms. The molecule has 4 rings (SSSR count). The predicted molar refractivity (Wildman–Crippen MR) is 112 cm³/mol. The van der Waals surface area contributed by atoms with Gasteiger partial charge in [-0.25, -0.2) is 9.37 Å². The van der Waals surface area contributed by atoms with Gasteiger partial charge in [0.15, 0.2) is 5.13 Å². The lowest BCUT2D eigenvalue weighted by Crippen LogP contribution is -2.11. The van der Waals surface area contributed by atoms with Crippen molar-refractivity contribution in [2.75, 3.05) is 5.32 Å². The van der Waals surface area contributed by atoms with Crippen molar-refractivity contribution in [3.05, 3.63) is 95.3 Å². The second kappa shape index (κ2) is 7.92. The van der Waals surface area contributed by atoms with E-state index in [-0.39, 0.29) is 11.7 Å². The Hall–Kier alpha value is -3.02. The number of carbonyl (C=O) groups excluding carboxylic acids is 1. The van der Waals surface area contributed by atoms with Gasteiger partial charge in [-0.05, 0) is 54.1 Å². The predicted octanol–water partition coefficient (Wildman–Crippen LogP) is 6.52. The van der Waals surface area contributed by atoms with E-state index in [0.29, 0.717) is 21.4 Å². The van der Waals surface area contributed by atoms with Gasteiger partial charge in [0.25, 0.3) is 5.91 Å². The number of halogens is 2. The monoisotopic (exact) mass is 408 g/mol. The molecule has 0 spiro atoms. The fraction of sp³-hybridized carbons (Fsp3) is 0. The summed E-state index contributed by atoms with van der Waals surface area (Å²) in [6, 6.07) is 22.6. The molecule has 0 saturated carbocycles. The first kappa shape index (κ1) is 18.3. The maximum Gasteiger partial charge on any atom is 0.257 e. The molecule has 0 aliphatic rings. The molecule has 1 aromatic heterocycles. The van der Waals surface area contributed by atoms with Gasteiger partial charge in [0.1, 0.15) is 5.82 Å². The number of nitrogens with one attached hydrogen (secondary N) is 1. The van der Waals surface area contributed by atoms with Crippen molar-refractivity contribution in [3.8, 4) is 21.7 Å². The first-order valence-corrected chi connectivity index (χ1v) is 9.69. The van der Waals surface area contributed by atoms with E-state index in [0.717, 1.165) is 16.0 Å². The van der Waals surface area contributed by atoms with E-state index in [4.69, 9.17) is 11.6 Å². The Kier molecular flexibility index (Phi) is 5.19. The highest BCUT2D eigenvalue weighted by Gasteiger charge is 2.17. The fourth-order valence-electron chi connectivity index (χ4n) is 2.73. The van der Waals surface area contributed by atoms with Crippen LogP contribution in [0.15, 0.2) is 78.9 Å². The standard InChI is InChI=1S/C22H14ClFN2OS/c23-17-10-6-16(7-11-17)21(27)26-22-25-19(14-8-12-18(24)13-9-14)20(28-22)15-4-2-1-3-5-15/h1-13H,(H,25,26,27). The van der Waals surface area contributed by atoms with Gasteiger partial charge < -0.3 is 0 Å². The quantitative estimate of drug-likeness (QED) is 0.417. The average molecular weight is 409 g/mol. The summed E-state index contributed by atoms with van der Waals surface area (Å²) in [4.78, 5) is 18.0. The van der Waals surface area contributed by atoms with Gasteiger partial charge in [0.2, 0.25) is 0 Å². The highest BCUT2D eigenvalue weighted by atomic mass is 35.5. The van der Waals surface area contributed by atoms with Crippen LogP contribution >= 0.6 is 22.9 Å². The zero-order valence-electron chi connectivity index (χ0n) is 14.5. The van der Waals surface area contributed by atoms with Crippen molar-refractivity contribution in [1.82, 2.24) is 4.98 Å². The third kappa shape index (κ3) is 3.96. The minimum Gasteiger partial charge on any atom is -0.298 e. The molecule has 0 atom stereocenters. The van der Waals surface area contributed by atoms with E-state index in [1.165, 1.54) is 23.5 Å². The van der Waals surface area contributed by atoms with Crippen LogP contribution in [0.5, 0.6) is 0 Å². The molecule has 0 saturated heterocycles. The number of carbonyl (C=O) groups is 1. The lowest BCUT2D eigenvalue weighted by atomic mass is 10.1. The first-order valence-electron chi connectivity index (χ1n) is 8.49. The Morgan fingerprint density at radius 2 is 1.57 bits per heavy atom. The number of anilines is 1. The summed E-state index contributed by atoms with van der Waals surface area (Å²) in [7, 11) is 0. The van der Waals surface area contributed by atoms with E-state index >= 15 is 0 Å². The molecule has 0 bridgehead atoms. The number of aromatic nitrogens is 1. The van der Waals surface area contributed by atoms with Crippen LogP contribution in [0.3, 0.4) is 0 Å². The van der Waals surface area contributed by atoms with Gasteiger partial charge in [0.05, 0.1) is 10.6 Å². The lowest BCUT2D eigenvalue weighted by molar-refractivity contribution is 0.102. The number of nitrogens with zero attached hydrogens (tertiary/aromatic N) is 1. The Balaban J connectivity index is 1.71. The van der Waals surface area contributed by atoms with Crippen LogP contribution in [0, 0.1) is 5.82 Å². The van der Waals surface area contributed by atoms with E-state index in [1.54, 1.807) is 36.4 Å². The molecule has 1 heterocycles. The number of rotatable bonds is 4. The molecule has 3 aromatic carbocycles. The fourth-order valence-corrected chi connectivity index (χ4v) is 3.85. The second-order valence-corrected chi connectivity index (χ2v) is 7.47. The molecule has 6 heteroatoms. The highest BCUT2D eigenvalue weighted by Crippen LogP contribution is 2.39. The lowest BCUT2D eigenvalue weighted by Gasteiger charge is -2.02. The molecule has 3 nitrogen and oxygen atoms in total. The molecule has 0 aliphatic carbocycles. The molecular weight excluding hydrogens is 395 g/mol. The summed E-state index contributed by atoms with van der Waals surface area (Å²) in [5, 5.41) is 3.88. The Morgan fingerprint density at radius 3 is 2.25 bits per heavy atom. The zero-order chi connectivity index (χ0) is 19.5. The molecule has 1 amide bonds. The topological polar surface area (TPSA) is 42.0 Å². The van der Waals surface area contributed by atoms with Crippen LogP contribution in [0.1, 0.15) is 10.4 Å². The largest absolute Gasteiger partial charge is 0.298 e. The van der Waals surface area contributed by atoms with E-state index in [9.17, 15) is 9.18 Å². The average Bonchev–Trinajstić information content (AvgIpc) is 3.13. The summed E-state index contributed by atoms with van der Waals surface area (Å²) in [5.74, 6) is -0.577. The van der Waals surface area contributed by atoms with Crippen molar-refractivity contribution in [2.45, 2.75) is 0 Å². The normalized spacial score (nSPS) is 10.6. The Bertz CT molecular complexity index is 1110. The summed E-state index contributed by atoms with van der Waals surface area (Å²) < 4.78 is 13.3. The van der Waals surface area contributed by atoms with Crippen LogP contribution in [0.4, 0.5) is 9.52 Å². The van der Waals surface area contributed by atoms with Crippen LogP contribution in [-0.4, -0.2) is 10.9 Å². The van der Waals surface area contributed by atoms with E-state index in [1.807, 2.05) is 30.3 Å². The third-order valence-electron chi connectivity index (χ3n) is 4.11.